The van der Waals surface area contributed by atoms with Gasteiger partial charge in [0, 0.05) is 18.8 Å². The minimum absolute atomic E-state index is 0.192. The van der Waals surface area contributed by atoms with Gasteiger partial charge >= 0.3 is 0 Å². The molecule has 1 fully saturated rings. The maximum atomic E-state index is 12.3. The van der Waals surface area contributed by atoms with E-state index < -0.39 is 5.41 Å². The van der Waals surface area contributed by atoms with Crippen molar-refractivity contribution in [2.45, 2.75) is 19.8 Å². The molecule has 1 saturated heterocycles. The zero-order valence-electron chi connectivity index (χ0n) is 12.9. The van der Waals surface area contributed by atoms with Crippen molar-refractivity contribution in [3.8, 4) is 0 Å². The molecule has 21 heavy (non-hydrogen) atoms. The van der Waals surface area contributed by atoms with Gasteiger partial charge in [-0.25, -0.2) is 0 Å². The molecule has 1 aliphatic rings. The van der Waals surface area contributed by atoms with Crippen molar-refractivity contribution in [1.29, 1.82) is 0 Å². The summed E-state index contributed by atoms with van der Waals surface area (Å²) in [6, 6.07) is 7.80. The van der Waals surface area contributed by atoms with Crippen LogP contribution in [0.4, 0.5) is 5.69 Å². The Hall–Kier alpha value is -1.88. The number of rotatable bonds is 5. The van der Waals surface area contributed by atoms with E-state index >= 15 is 0 Å². The van der Waals surface area contributed by atoms with Gasteiger partial charge in [-0.3, -0.25) is 9.59 Å². The van der Waals surface area contributed by atoms with Crippen LogP contribution in [0.25, 0.3) is 0 Å². The molecule has 1 atom stereocenters. The maximum Gasteiger partial charge on any atom is 0.239 e. The second-order valence-electron chi connectivity index (χ2n) is 6.04. The fraction of sp³-hybridized carbons (Fsp3) is 0.500. The molecule has 5 nitrogen and oxygen atoms in total. The number of hydrogen-bond acceptors (Lipinski definition) is 3. The van der Waals surface area contributed by atoms with Crippen LogP contribution in [0, 0.1) is 5.41 Å². The van der Waals surface area contributed by atoms with Gasteiger partial charge in [0.05, 0.1) is 0 Å². The number of likely N-dealkylation sites (N-methyl/N-ethyl adjacent to an activating group) is 1. The van der Waals surface area contributed by atoms with E-state index in [9.17, 15) is 9.59 Å². The van der Waals surface area contributed by atoms with E-state index in [1.54, 1.807) is 6.92 Å². The van der Waals surface area contributed by atoms with Crippen molar-refractivity contribution in [2.24, 2.45) is 5.41 Å². The minimum atomic E-state index is -0.955. The standard InChI is InChI=1S/C16H23N3O2/c1-16(9-10-17-14(16)20)15(21)18-13-6-4-12(5-7-13)8-11-19(2)3/h4-7H,8-11H2,1-3H3,(H,17,20)(H,18,21). The normalized spacial score (nSPS) is 21.4. The summed E-state index contributed by atoms with van der Waals surface area (Å²) in [6.45, 7) is 3.24. The topological polar surface area (TPSA) is 61.4 Å². The van der Waals surface area contributed by atoms with Crippen molar-refractivity contribution in [1.82, 2.24) is 10.2 Å². The first-order chi connectivity index (χ1) is 9.91. The Morgan fingerprint density at radius 1 is 1.33 bits per heavy atom. The Labute approximate surface area is 125 Å². The predicted octanol–water partition coefficient (Wildman–Crippen LogP) is 1.26. The molecule has 0 bridgehead atoms. The van der Waals surface area contributed by atoms with Gasteiger partial charge in [0.25, 0.3) is 0 Å². The van der Waals surface area contributed by atoms with E-state index in [4.69, 9.17) is 0 Å². The van der Waals surface area contributed by atoms with E-state index in [2.05, 4.69) is 15.5 Å². The highest BCUT2D eigenvalue weighted by Crippen LogP contribution is 2.27. The van der Waals surface area contributed by atoms with Gasteiger partial charge in [-0.05, 0) is 51.6 Å². The number of nitrogens with one attached hydrogen (secondary N) is 2. The molecule has 0 radical (unpaired) electrons. The lowest BCUT2D eigenvalue weighted by atomic mass is 9.88. The summed E-state index contributed by atoms with van der Waals surface area (Å²) in [5, 5.41) is 5.55. The van der Waals surface area contributed by atoms with E-state index in [0.717, 1.165) is 18.7 Å². The second-order valence-corrected chi connectivity index (χ2v) is 6.04. The molecule has 1 aromatic carbocycles. The molecular formula is C16H23N3O2. The summed E-state index contributed by atoms with van der Waals surface area (Å²) in [5.41, 5.74) is 1.00. The molecule has 2 amide bonds. The van der Waals surface area contributed by atoms with Crippen molar-refractivity contribution in [3.05, 3.63) is 29.8 Å². The van der Waals surface area contributed by atoms with Gasteiger partial charge in [0.2, 0.25) is 11.8 Å². The maximum absolute atomic E-state index is 12.3. The summed E-state index contributed by atoms with van der Waals surface area (Å²) < 4.78 is 0. The molecule has 2 rings (SSSR count). The van der Waals surface area contributed by atoms with Gasteiger partial charge in [0.1, 0.15) is 5.41 Å². The average Bonchev–Trinajstić information content (AvgIpc) is 2.79. The van der Waals surface area contributed by atoms with Gasteiger partial charge in [-0.2, -0.15) is 0 Å². The lowest BCUT2D eigenvalue weighted by Crippen LogP contribution is -2.39. The molecule has 114 valence electrons. The zero-order chi connectivity index (χ0) is 15.5. The summed E-state index contributed by atoms with van der Waals surface area (Å²) in [4.78, 5) is 26.2. The first kappa shape index (κ1) is 15.5. The summed E-state index contributed by atoms with van der Waals surface area (Å²) in [6.07, 6.45) is 1.51. The van der Waals surface area contributed by atoms with Crippen LogP contribution in [-0.4, -0.2) is 43.9 Å². The van der Waals surface area contributed by atoms with Crippen LogP contribution < -0.4 is 10.6 Å². The predicted molar refractivity (Wildman–Crippen MR) is 83.1 cm³/mol. The minimum Gasteiger partial charge on any atom is -0.355 e. The Balaban J connectivity index is 1.97. The van der Waals surface area contributed by atoms with Gasteiger partial charge in [-0.1, -0.05) is 12.1 Å². The number of nitrogens with zero attached hydrogens (tertiary/aromatic N) is 1. The highest BCUT2D eigenvalue weighted by Gasteiger charge is 2.44. The van der Waals surface area contributed by atoms with Crippen molar-refractivity contribution >= 4 is 17.5 Å². The molecule has 1 unspecified atom stereocenters. The first-order valence-corrected chi connectivity index (χ1v) is 7.25. The lowest BCUT2D eigenvalue weighted by molar-refractivity contribution is -0.136. The lowest BCUT2D eigenvalue weighted by Gasteiger charge is -2.19. The van der Waals surface area contributed by atoms with E-state index in [-0.39, 0.29) is 11.8 Å². The SMILES string of the molecule is CN(C)CCc1ccc(NC(=O)C2(C)CCNC2=O)cc1. The third kappa shape index (κ3) is 3.61. The second kappa shape index (κ2) is 6.26. The van der Waals surface area contributed by atoms with Gasteiger partial charge in [0.15, 0.2) is 0 Å². The molecule has 0 spiro atoms. The highest BCUT2D eigenvalue weighted by atomic mass is 16.2. The Bertz CT molecular complexity index is 525. The fourth-order valence-corrected chi connectivity index (χ4v) is 2.33. The molecule has 5 heteroatoms. The monoisotopic (exact) mass is 289 g/mol. The number of hydrogen-bond donors (Lipinski definition) is 2. The molecule has 1 heterocycles. The van der Waals surface area contributed by atoms with Crippen molar-refractivity contribution in [2.75, 3.05) is 32.5 Å². The molecule has 2 N–H and O–H groups in total. The van der Waals surface area contributed by atoms with E-state index in [0.29, 0.717) is 13.0 Å². The fourth-order valence-electron chi connectivity index (χ4n) is 2.33. The third-order valence-electron chi connectivity index (χ3n) is 3.97. The largest absolute Gasteiger partial charge is 0.355 e. The number of carbonyl (C=O) groups is 2. The number of benzene rings is 1. The van der Waals surface area contributed by atoms with E-state index in [1.807, 2.05) is 38.4 Å². The zero-order valence-corrected chi connectivity index (χ0v) is 12.9. The summed E-state index contributed by atoms with van der Waals surface area (Å²) >= 11 is 0. The average molecular weight is 289 g/mol. The molecular weight excluding hydrogens is 266 g/mol. The van der Waals surface area contributed by atoms with Crippen molar-refractivity contribution < 1.29 is 9.59 Å². The van der Waals surface area contributed by atoms with Gasteiger partial charge < -0.3 is 15.5 Å². The number of anilines is 1. The molecule has 1 aromatic rings. The van der Waals surface area contributed by atoms with Crippen LogP contribution in [0.2, 0.25) is 0 Å². The smallest absolute Gasteiger partial charge is 0.239 e. The van der Waals surface area contributed by atoms with Crippen LogP contribution in [0.3, 0.4) is 0 Å². The first-order valence-electron chi connectivity index (χ1n) is 7.25. The van der Waals surface area contributed by atoms with Crippen LogP contribution >= 0.6 is 0 Å². The third-order valence-corrected chi connectivity index (χ3v) is 3.97. The molecule has 0 saturated carbocycles. The number of amides is 2. The van der Waals surface area contributed by atoms with E-state index in [1.165, 1.54) is 5.56 Å². The number of carbonyl (C=O) groups excluding carboxylic acids is 2. The van der Waals surface area contributed by atoms with Crippen LogP contribution in [0.1, 0.15) is 18.9 Å². The Morgan fingerprint density at radius 3 is 2.52 bits per heavy atom. The van der Waals surface area contributed by atoms with Crippen LogP contribution in [0.15, 0.2) is 24.3 Å². The Kier molecular flexibility index (Phi) is 4.63. The summed E-state index contributed by atoms with van der Waals surface area (Å²) in [7, 11) is 4.09. The van der Waals surface area contributed by atoms with Crippen LogP contribution in [0.5, 0.6) is 0 Å². The quantitative estimate of drug-likeness (QED) is 0.802. The molecule has 0 aromatic heterocycles. The van der Waals surface area contributed by atoms with Crippen molar-refractivity contribution in [3.63, 3.8) is 0 Å². The summed E-state index contributed by atoms with van der Waals surface area (Å²) in [5.74, 6) is -0.429. The van der Waals surface area contributed by atoms with Crippen LogP contribution in [-0.2, 0) is 16.0 Å². The van der Waals surface area contributed by atoms with Gasteiger partial charge in [-0.15, -0.1) is 0 Å². The molecule has 0 aliphatic carbocycles. The molecule has 1 aliphatic heterocycles. The Morgan fingerprint density at radius 2 is 2.00 bits per heavy atom. The highest BCUT2D eigenvalue weighted by molar-refractivity contribution is 6.11.